The second-order valence-corrected chi connectivity index (χ2v) is 3.66. The number of rotatable bonds is 5. The lowest BCUT2D eigenvalue weighted by Gasteiger charge is -2.21. The first-order valence-corrected chi connectivity index (χ1v) is 5.27. The number of hydrogen-bond acceptors (Lipinski definition) is 1. The predicted octanol–water partition coefficient (Wildman–Crippen LogP) is 3.11. The highest BCUT2D eigenvalue weighted by Gasteiger charge is 2.25. The van der Waals surface area contributed by atoms with E-state index in [1.54, 1.807) is 0 Å². The molecule has 0 amide bonds. The Bertz CT molecular complexity index is 306. The predicted molar refractivity (Wildman–Crippen MR) is 60.6 cm³/mol. The zero-order valence-electron chi connectivity index (χ0n) is 9.02. The third-order valence-corrected chi connectivity index (χ3v) is 2.78. The topological polar surface area (TPSA) is 37.3 Å². The molecule has 0 heterocycles. The van der Waals surface area contributed by atoms with Gasteiger partial charge in [-0.05, 0) is 24.3 Å². The molecule has 2 atom stereocenters. The summed E-state index contributed by atoms with van der Waals surface area (Å²) in [4.78, 5) is 11.1. The van der Waals surface area contributed by atoms with E-state index >= 15 is 0 Å². The van der Waals surface area contributed by atoms with Crippen molar-refractivity contribution in [2.24, 2.45) is 5.92 Å². The SMILES string of the molecule is [CH2]CC(C(=O)O)C(CC)c1ccccc1. The maximum absolute atomic E-state index is 11.1. The van der Waals surface area contributed by atoms with Gasteiger partial charge in [-0.3, -0.25) is 4.79 Å². The van der Waals surface area contributed by atoms with Crippen molar-refractivity contribution in [3.05, 3.63) is 42.8 Å². The monoisotopic (exact) mass is 205 g/mol. The fourth-order valence-corrected chi connectivity index (χ4v) is 1.95. The average Bonchev–Trinajstić information content (AvgIpc) is 2.26. The van der Waals surface area contributed by atoms with Crippen LogP contribution in [0.15, 0.2) is 30.3 Å². The number of carbonyl (C=O) groups is 1. The molecule has 0 aliphatic heterocycles. The molecular formula is C13H17O2. The van der Waals surface area contributed by atoms with Crippen LogP contribution in [0.3, 0.4) is 0 Å². The lowest BCUT2D eigenvalue weighted by atomic mass is 9.82. The molecule has 0 saturated carbocycles. The summed E-state index contributed by atoms with van der Waals surface area (Å²) in [6.45, 7) is 5.74. The third kappa shape index (κ3) is 2.82. The Kier molecular flexibility index (Phi) is 4.35. The summed E-state index contributed by atoms with van der Waals surface area (Å²) < 4.78 is 0. The van der Waals surface area contributed by atoms with Crippen molar-refractivity contribution in [3.63, 3.8) is 0 Å². The van der Waals surface area contributed by atoms with E-state index in [9.17, 15) is 4.79 Å². The third-order valence-electron chi connectivity index (χ3n) is 2.78. The van der Waals surface area contributed by atoms with E-state index in [1.807, 2.05) is 37.3 Å². The van der Waals surface area contributed by atoms with E-state index in [-0.39, 0.29) is 11.8 Å². The van der Waals surface area contributed by atoms with Crippen LogP contribution in [0.4, 0.5) is 0 Å². The molecule has 1 radical (unpaired) electrons. The van der Waals surface area contributed by atoms with Crippen molar-refractivity contribution in [3.8, 4) is 0 Å². The first kappa shape index (κ1) is 11.8. The molecule has 15 heavy (non-hydrogen) atoms. The van der Waals surface area contributed by atoms with Gasteiger partial charge < -0.3 is 5.11 Å². The zero-order valence-corrected chi connectivity index (χ0v) is 9.02. The maximum atomic E-state index is 11.1. The molecule has 2 nitrogen and oxygen atoms in total. The minimum absolute atomic E-state index is 0.0706. The second kappa shape index (κ2) is 5.54. The van der Waals surface area contributed by atoms with Crippen LogP contribution in [0.25, 0.3) is 0 Å². The summed E-state index contributed by atoms with van der Waals surface area (Å²) in [5.74, 6) is -1.06. The van der Waals surface area contributed by atoms with E-state index in [0.717, 1.165) is 12.0 Å². The van der Waals surface area contributed by atoms with Gasteiger partial charge in [-0.15, -0.1) is 0 Å². The highest BCUT2D eigenvalue weighted by molar-refractivity contribution is 5.71. The molecular weight excluding hydrogens is 188 g/mol. The number of benzene rings is 1. The van der Waals surface area contributed by atoms with Gasteiger partial charge in [0.25, 0.3) is 0 Å². The van der Waals surface area contributed by atoms with Crippen LogP contribution in [-0.2, 0) is 4.79 Å². The quantitative estimate of drug-likeness (QED) is 0.802. The molecule has 0 aromatic heterocycles. The first-order valence-electron chi connectivity index (χ1n) is 5.27. The smallest absolute Gasteiger partial charge is 0.307 e. The standard InChI is InChI=1S/C13H17O2/c1-3-11(12(4-2)13(14)15)10-8-6-5-7-9-10/h5-9,11-12H,2-4H2,1H3,(H,14,15). The van der Waals surface area contributed by atoms with Crippen molar-refractivity contribution in [2.75, 3.05) is 0 Å². The average molecular weight is 205 g/mol. The van der Waals surface area contributed by atoms with Gasteiger partial charge in [-0.2, -0.15) is 0 Å². The number of hydrogen-bond donors (Lipinski definition) is 1. The van der Waals surface area contributed by atoms with Crippen molar-refractivity contribution in [1.82, 2.24) is 0 Å². The molecule has 0 saturated heterocycles. The molecule has 2 unspecified atom stereocenters. The van der Waals surface area contributed by atoms with Crippen molar-refractivity contribution in [1.29, 1.82) is 0 Å². The Hall–Kier alpha value is -1.31. The molecule has 1 N–H and O–H groups in total. The summed E-state index contributed by atoms with van der Waals surface area (Å²) in [5, 5.41) is 9.10. The van der Waals surface area contributed by atoms with E-state index in [2.05, 4.69) is 6.92 Å². The highest BCUT2D eigenvalue weighted by Crippen LogP contribution is 2.30. The molecule has 0 aliphatic carbocycles. The molecule has 0 fully saturated rings. The first-order chi connectivity index (χ1) is 7.20. The van der Waals surface area contributed by atoms with Crippen molar-refractivity contribution < 1.29 is 9.90 Å². The summed E-state index contributed by atoms with van der Waals surface area (Å²) in [6, 6.07) is 9.80. The summed E-state index contributed by atoms with van der Waals surface area (Å²) in [5.41, 5.74) is 1.09. The Morgan fingerprint density at radius 3 is 2.40 bits per heavy atom. The molecule has 1 aromatic rings. The van der Waals surface area contributed by atoms with Gasteiger partial charge in [0.2, 0.25) is 0 Å². The molecule has 0 spiro atoms. The second-order valence-electron chi connectivity index (χ2n) is 3.66. The minimum atomic E-state index is -0.749. The van der Waals surface area contributed by atoms with E-state index in [1.165, 1.54) is 0 Å². The fraction of sp³-hybridized carbons (Fsp3) is 0.385. The van der Waals surface area contributed by atoms with Gasteiger partial charge in [0, 0.05) is 0 Å². The number of carboxylic acids is 1. The Morgan fingerprint density at radius 1 is 1.40 bits per heavy atom. The lowest BCUT2D eigenvalue weighted by Crippen LogP contribution is -2.21. The highest BCUT2D eigenvalue weighted by atomic mass is 16.4. The van der Waals surface area contributed by atoms with Gasteiger partial charge in [0.1, 0.15) is 0 Å². The van der Waals surface area contributed by atoms with Crippen molar-refractivity contribution in [2.45, 2.75) is 25.7 Å². The van der Waals surface area contributed by atoms with Gasteiger partial charge in [-0.25, -0.2) is 0 Å². The van der Waals surface area contributed by atoms with Crippen LogP contribution in [0, 0.1) is 12.8 Å². The minimum Gasteiger partial charge on any atom is -0.481 e. The molecule has 0 aliphatic rings. The maximum Gasteiger partial charge on any atom is 0.307 e. The number of carboxylic acid groups (broad SMARTS) is 1. The molecule has 2 heteroatoms. The molecule has 1 rings (SSSR count). The van der Waals surface area contributed by atoms with Gasteiger partial charge in [-0.1, -0.05) is 44.2 Å². The zero-order chi connectivity index (χ0) is 11.3. The lowest BCUT2D eigenvalue weighted by molar-refractivity contribution is -0.142. The Labute approximate surface area is 90.9 Å². The molecule has 1 aromatic carbocycles. The van der Waals surface area contributed by atoms with E-state index < -0.39 is 5.97 Å². The summed E-state index contributed by atoms with van der Waals surface area (Å²) in [7, 11) is 0. The van der Waals surface area contributed by atoms with Crippen LogP contribution in [0.2, 0.25) is 0 Å². The van der Waals surface area contributed by atoms with Crippen LogP contribution in [0.5, 0.6) is 0 Å². The van der Waals surface area contributed by atoms with Gasteiger partial charge in [0.05, 0.1) is 5.92 Å². The van der Waals surface area contributed by atoms with Gasteiger partial charge >= 0.3 is 5.97 Å². The van der Waals surface area contributed by atoms with Crippen LogP contribution in [-0.4, -0.2) is 11.1 Å². The van der Waals surface area contributed by atoms with Crippen LogP contribution < -0.4 is 0 Å². The normalized spacial score (nSPS) is 14.5. The largest absolute Gasteiger partial charge is 0.481 e. The van der Waals surface area contributed by atoms with E-state index in [0.29, 0.717) is 6.42 Å². The number of aliphatic carboxylic acids is 1. The summed E-state index contributed by atoms with van der Waals surface area (Å²) >= 11 is 0. The Balaban J connectivity index is 2.92. The van der Waals surface area contributed by atoms with Gasteiger partial charge in [0.15, 0.2) is 0 Å². The molecule has 81 valence electrons. The fourth-order valence-electron chi connectivity index (χ4n) is 1.95. The van der Waals surface area contributed by atoms with Crippen LogP contribution in [0.1, 0.15) is 31.2 Å². The summed E-state index contributed by atoms with van der Waals surface area (Å²) in [6.07, 6.45) is 1.26. The van der Waals surface area contributed by atoms with Crippen LogP contribution >= 0.6 is 0 Å². The van der Waals surface area contributed by atoms with E-state index in [4.69, 9.17) is 5.11 Å². The Morgan fingerprint density at radius 2 is 2.00 bits per heavy atom. The molecule has 0 bridgehead atoms. The van der Waals surface area contributed by atoms with Crippen molar-refractivity contribution >= 4 is 5.97 Å².